The summed E-state index contributed by atoms with van der Waals surface area (Å²) in [6, 6.07) is 5.55. The van der Waals surface area contributed by atoms with Gasteiger partial charge < -0.3 is 10.2 Å². The number of oxazole rings is 1. The van der Waals surface area contributed by atoms with E-state index in [0.717, 1.165) is 33.7 Å². The van der Waals surface area contributed by atoms with Crippen LogP contribution in [-0.2, 0) is 0 Å². The molecule has 1 aromatic carbocycles. The number of fused-ring (bicyclic) bond motifs is 1. The first-order chi connectivity index (χ1) is 8.15. The Hall–Kier alpha value is -1.16. The van der Waals surface area contributed by atoms with Gasteiger partial charge in [-0.25, -0.2) is 4.98 Å². The lowest BCUT2D eigenvalue weighted by Crippen LogP contribution is -1.88. The number of hydrogen-bond donors (Lipinski definition) is 1. The predicted molar refractivity (Wildman–Crippen MR) is 73.2 cm³/mol. The van der Waals surface area contributed by atoms with Crippen LogP contribution in [0.3, 0.4) is 0 Å². The highest BCUT2D eigenvalue weighted by Crippen LogP contribution is 2.25. The molecule has 2 rings (SSSR count). The van der Waals surface area contributed by atoms with E-state index in [4.69, 9.17) is 10.2 Å². The van der Waals surface area contributed by atoms with E-state index in [1.54, 1.807) is 11.8 Å². The Labute approximate surface area is 106 Å². The van der Waals surface area contributed by atoms with Crippen LogP contribution in [-0.4, -0.2) is 10.7 Å². The molecule has 0 saturated carbocycles. The molecule has 0 atom stereocenters. The molecule has 0 unspecified atom stereocenters. The van der Waals surface area contributed by atoms with E-state index in [1.807, 2.05) is 18.2 Å². The van der Waals surface area contributed by atoms with Crippen molar-refractivity contribution in [1.29, 1.82) is 0 Å². The van der Waals surface area contributed by atoms with Gasteiger partial charge in [-0.05, 0) is 30.5 Å². The van der Waals surface area contributed by atoms with Gasteiger partial charge in [-0.3, -0.25) is 0 Å². The quantitative estimate of drug-likeness (QED) is 0.496. The Balaban J connectivity index is 1.95. The van der Waals surface area contributed by atoms with Crippen molar-refractivity contribution >= 4 is 28.5 Å². The molecule has 4 heteroatoms. The summed E-state index contributed by atoms with van der Waals surface area (Å²) in [5, 5.41) is 0.745. The van der Waals surface area contributed by atoms with Crippen LogP contribution in [0.5, 0.6) is 0 Å². The van der Waals surface area contributed by atoms with Crippen molar-refractivity contribution in [2.45, 2.75) is 31.9 Å². The van der Waals surface area contributed by atoms with E-state index < -0.39 is 0 Å². The molecule has 1 heterocycles. The molecule has 92 valence electrons. The Kier molecular flexibility index (Phi) is 3.94. The van der Waals surface area contributed by atoms with Crippen molar-refractivity contribution in [3.05, 3.63) is 18.2 Å². The number of nitrogen functional groups attached to an aromatic ring is 1. The van der Waals surface area contributed by atoms with E-state index in [-0.39, 0.29) is 0 Å². The first kappa shape index (κ1) is 12.3. The van der Waals surface area contributed by atoms with Gasteiger partial charge in [0.15, 0.2) is 5.58 Å². The third-order valence-electron chi connectivity index (χ3n) is 2.54. The Bertz CT molecular complexity index is 493. The largest absolute Gasteiger partial charge is 0.431 e. The second-order valence-electron chi connectivity index (χ2n) is 4.59. The fourth-order valence-electron chi connectivity index (χ4n) is 1.64. The number of nitrogens with two attached hydrogens (primary N) is 1. The number of benzene rings is 1. The molecule has 0 aliphatic carbocycles. The van der Waals surface area contributed by atoms with Gasteiger partial charge in [0.2, 0.25) is 0 Å². The molecule has 0 aliphatic heterocycles. The minimum Gasteiger partial charge on any atom is -0.431 e. The van der Waals surface area contributed by atoms with Crippen LogP contribution in [0.15, 0.2) is 27.8 Å². The van der Waals surface area contributed by atoms with Crippen LogP contribution in [0.4, 0.5) is 5.69 Å². The van der Waals surface area contributed by atoms with Gasteiger partial charge in [0.05, 0.1) is 0 Å². The molecule has 0 radical (unpaired) electrons. The highest BCUT2D eigenvalue weighted by Gasteiger charge is 2.06. The van der Waals surface area contributed by atoms with Crippen molar-refractivity contribution in [3.8, 4) is 0 Å². The number of nitrogens with zero attached hydrogens (tertiary/aromatic N) is 1. The van der Waals surface area contributed by atoms with Gasteiger partial charge in [0.1, 0.15) is 5.52 Å². The second kappa shape index (κ2) is 5.45. The van der Waals surface area contributed by atoms with Crippen molar-refractivity contribution in [3.63, 3.8) is 0 Å². The zero-order chi connectivity index (χ0) is 12.3. The number of hydrogen-bond acceptors (Lipinski definition) is 4. The van der Waals surface area contributed by atoms with Gasteiger partial charge >= 0.3 is 0 Å². The first-order valence-corrected chi connectivity index (χ1v) is 6.92. The van der Waals surface area contributed by atoms with Crippen LogP contribution < -0.4 is 5.73 Å². The number of thioether (sulfide) groups is 1. The van der Waals surface area contributed by atoms with Gasteiger partial charge in [0, 0.05) is 11.4 Å². The van der Waals surface area contributed by atoms with Crippen LogP contribution in [0, 0.1) is 5.92 Å². The fraction of sp³-hybridized carbons (Fsp3) is 0.462. The maximum absolute atomic E-state index is 5.70. The SMILES string of the molecule is CC(C)CCCSc1nc2cc(N)ccc2o1. The van der Waals surface area contributed by atoms with Crippen molar-refractivity contribution in [2.24, 2.45) is 5.92 Å². The molecule has 17 heavy (non-hydrogen) atoms. The Morgan fingerprint density at radius 1 is 1.41 bits per heavy atom. The molecule has 0 aliphatic rings. The van der Waals surface area contributed by atoms with E-state index >= 15 is 0 Å². The van der Waals surface area contributed by atoms with Gasteiger partial charge in [0.25, 0.3) is 5.22 Å². The summed E-state index contributed by atoms with van der Waals surface area (Å²) in [5.41, 5.74) is 8.08. The third kappa shape index (κ3) is 3.40. The molecular formula is C13H18N2OS. The molecule has 0 amide bonds. The lowest BCUT2D eigenvalue weighted by Gasteiger charge is -2.01. The minimum absolute atomic E-state index is 0.724. The molecule has 2 aromatic rings. The first-order valence-electron chi connectivity index (χ1n) is 5.94. The molecule has 0 saturated heterocycles. The van der Waals surface area contributed by atoms with E-state index in [9.17, 15) is 0 Å². The summed E-state index contributed by atoms with van der Waals surface area (Å²) in [4.78, 5) is 4.41. The average molecular weight is 250 g/mol. The maximum atomic E-state index is 5.70. The lowest BCUT2D eigenvalue weighted by atomic mass is 10.1. The molecular weight excluding hydrogens is 232 g/mol. The fourth-order valence-corrected chi connectivity index (χ4v) is 2.43. The number of anilines is 1. The van der Waals surface area contributed by atoms with Gasteiger partial charge in [-0.2, -0.15) is 0 Å². The second-order valence-corrected chi connectivity index (χ2v) is 5.64. The van der Waals surface area contributed by atoms with E-state index in [2.05, 4.69) is 18.8 Å². The smallest absolute Gasteiger partial charge is 0.256 e. The van der Waals surface area contributed by atoms with Gasteiger partial charge in [-0.15, -0.1) is 0 Å². The number of rotatable bonds is 5. The van der Waals surface area contributed by atoms with Crippen molar-refractivity contribution in [2.75, 3.05) is 11.5 Å². The summed E-state index contributed by atoms with van der Waals surface area (Å²) in [6.45, 7) is 4.49. The predicted octanol–water partition coefficient (Wildman–Crippen LogP) is 3.94. The summed E-state index contributed by atoms with van der Waals surface area (Å²) < 4.78 is 5.63. The molecule has 1 aromatic heterocycles. The zero-order valence-corrected chi connectivity index (χ0v) is 11.1. The van der Waals surface area contributed by atoms with E-state index in [1.165, 1.54) is 12.8 Å². The molecule has 0 spiro atoms. The van der Waals surface area contributed by atoms with Crippen molar-refractivity contribution < 1.29 is 4.42 Å². The Morgan fingerprint density at radius 2 is 2.24 bits per heavy atom. The lowest BCUT2D eigenvalue weighted by molar-refractivity contribution is 0.488. The van der Waals surface area contributed by atoms with Crippen LogP contribution in [0.2, 0.25) is 0 Å². The number of aromatic nitrogens is 1. The van der Waals surface area contributed by atoms with Crippen molar-refractivity contribution in [1.82, 2.24) is 4.98 Å². The normalized spacial score (nSPS) is 11.5. The molecule has 2 N–H and O–H groups in total. The summed E-state index contributed by atoms with van der Waals surface area (Å²) >= 11 is 1.68. The van der Waals surface area contributed by atoms with Crippen LogP contribution >= 0.6 is 11.8 Å². The zero-order valence-electron chi connectivity index (χ0n) is 10.3. The summed E-state index contributed by atoms with van der Waals surface area (Å²) in [7, 11) is 0. The van der Waals surface area contributed by atoms with Crippen LogP contribution in [0.25, 0.3) is 11.1 Å². The Morgan fingerprint density at radius 3 is 3.00 bits per heavy atom. The van der Waals surface area contributed by atoms with Crippen LogP contribution in [0.1, 0.15) is 26.7 Å². The summed E-state index contributed by atoms with van der Waals surface area (Å²) in [5.74, 6) is 1.82. The monoisotopic (exact) mass is 250 g/mol. The third-order valence-corrected chi connectivity index (χ3v) is 3.46. The molecule has 0 bridgehead atoms. The van der Waals surface area contributed by atoms with Gasteiger partial charge in [-0.1, -0.05) is 32.0 Å². The average Bonchev–Trinajstić information content (AvgIpc) is 2.66. The van der Waals surface area contributed by atoms with E-state index in [0.29, 0.717) is 0 Å². The standard InChI is InChI=1S/C13H18N2OS/c1-9(2)4-3-7-17-13-15-11-8-10(14)5-6-12(11)16-13/h5-6,8-9H,3-4,7,14H2,1-2H3. The minimum atomic E-state index is 0.724. The highest BCUT2D eigenvalue weighted by molar-refractivity contribution is 7.99. The molecule has 3 nitrogen and oxygen atoms in total. The summed E-state index contributed by atoms with van der Waals surface area (Å²) in [6.07, 6.45) is 2.45. The topological polar surface area (TPSA) is 52.0 Å². The maximum Gasteiger partial charge on any atom is 0.256 e. The molecule has 0 fully saturated rings. The highest BCUT2D eigenvalue weighted by atomic mass is 32.2.